The van der Waals surface area contributed by atoms with Crippen molar-refractivity contribution < 1.29 is 14.6 Å². The van der Waals surface area contributed by atoms with E-state index in [1.807, 2.05) is 38.1 Å². The highest BCUT2D eigenvalue weighted by molar-refractivity contribution is 5.87. The molecule has 0 aliphatic carbocycles. The summed E-state index contributed by atoms with van der Waals surface area (Å²) in [6, 6.07) is 13.0. The number of aromatic carboxylic acids is 1. The van der Waals surface area contributed by atoms with Gasteiger partial charge in [0.2, 0.25) is 0 Å². The third kappa shape index (κ3) is 4.33. The van der Waals surface area contributed by atoms with Gasteiger partial charge in [0.1, 0.15) is 12.4 Å². The standard InChI is InChI=1S/C18H21NO3/c1-13-5-3-6-14(2)17(13)22-10-9-19-12-15-7-4-8-16(11-15)18(20)21/h3-8,11,19H,9-10,12H2,1-2H3,(H,20,21). The first-order valence-electron chi connectivity index (χ1n) is 7.30. The Balaban J connectivity index is 1.78. The molecule has 0 aliphatic rings. The average Bonchev–Trinajstić information content (AvgIpc) is 2.50. The number of carbonyl (C=O) groups is 1. The molecule has 4 nitrogen and oxygen atoms in total. The second kappa shape index (κ2) is 7.61. The van der Waals surface area contributed by atoms with E-state index >= 15 is 0 Å². The van der Waals surface area contributed by atoms with Crippen molar-refractivity contribution in [1.29, 1.82) is 0 Å². The van der Waals surface area contributed by atoms with Crippen LogP contribution in [0.15, 0.2) is 42.5 Å². The fourth-order valence-corrected chi connectivity index (χ4v) is 2.30. The maximum absolute atomic E-state index is 10.9. The van der Waals surface area contributed by atoms with Crippen LogP contribution >= 0.6 is 0 Å². The predicted octanol–water partition coefficient (Wildman–Crippen LogP) is 3.17. The van der Waals surface area contributed by atoms with E-state index in [1.165, 1.54) is 0 Å². The molecular weight excluding hydrogens is 278 g/mol. The lowest BCUT2D eigenvalue weighted by Crippen LogP contribution is -2.21. The van der Waals surface area contributed by atoms with Gasteiger partial charge in [-0.15, -0.1) is 0 Å². The topological polar surface area (TPSA) is 58.6 Å². The highest BCUT2D eigenvalue weighted by Crippen LogP contribution is 2.21. The van der Waals surface area contributed by atoms with Crippen LogP contribution < -0.4 is 10.1 Å². The number of rotatable bonds is 7. The number of ether oxygens (including phenoxy) is 1. The molecule has 2 rings (SSSR count). The summed E-state index contributed by atoms with van der Waals surface area (Å²) in [5.74, 6) is 0.0392. The Labute approximate surface area is 130 Å². The molecule has 22 heavy (non-hydrogen) atoms. The Hall–Kier alpha value is -2.33. The van der Waals surface area contributed by atoms with Gasteiger partial charge in [0.25, 0.3) is 0 Å². The Morgan fingerprint density at radius 2 is 1.82 bits per heavy atom. The molecule has 0 amide bonds. The Morgan fingerprint density at radius 3 is 2.50 bits per heavy atom. The van der Waals surface area contributed by atoms with Gasteiger partial charge in [-0.25, -0.2) is 4.79 Å². The third-order valence-corrected chi connectivity index (χ3v) is 3.44. The third-order valence-electron chi connectivity index (χ3n) is 3.44. The van der Waals surface area contributed by atoms with Crippen molar-refractivity contribution in [2.24, 2.45) is 0 Å². The minimum absolute atomic E-state index is 0.311. The van der Waals surface area contributed by atoms with Gasteiger partial charge in [0.05, 0.1) is 5.56 Å². The minimum atomic E-state index is -0.903. The van der Waals surface area contributed by atoms with Crippen LogP contribution in [0.4, 0.5) is 0 Å². The molecule has 2 aromatic rings. The van der Waals surface area contributed by atoms with E-state index in [2.05, 4.69) is 5.32 Å². The molecule has 0 atom stereocenters. The van der Waals surface area contributed by atoms with Crippen LogP contribution in [0.25, 0.3) is 0 Å². The van der Waals surface area contributed by atoms with Crippen molar-refractivity contribution in [2.75, 3.05) is 13.2 Å². The first-order valence-corrected chi connectivity index (χ1v) is 7.30. The number of para-hydroxylation sites is 1. The van der Waals surface area contributed by atoms with Crippen LogP contribution in [-0.2, 0) is 6.54 Å². The second-order valence-electron chi connectivity index (χ2n) is 5.25. The molecular formula is C18H21NO3. The van der Waals surface area contributed by atoms with Crippen molar-refractivity contribution in [3.63, 3.8) is 0 Å². The first-order chi connectivity index (χ1) is 10.6. The predicted molar refractivity (Wildman–Crippen MR) is 86.5 cm³/mol. The molecule has 0 saturated heterocycles. The number of hydrogen-bond donors (Lipinski definition) is 2. The molecule has 2 N–H and O–H groups in total. The van der Waals surface area contributed by atoms with E-state index < -0.39 is 5.97 Å². The molecule has 4 heteroatoms. The van der Waals surface area contributed by atoms with Crippen LogP contribution in [0, 0.1) is 13.8 Å². The smallest absolute Gasteiger partial charge is 0.335 e. The van der Waals surface area contributed by atoms with Crippen molar-refractivity contribution in [2.45, 2.75) is 20.4 Å². The zero-order valence-corrected chi connectivity index (χ0v) is 12.9. The van der Waals surface area contributed by atoms with E-state index in [9.17, 15) is 4.79 Å². The van der Waals surface area contributed by atoms with Gasteiger partial charge in [-0.3, -0.25) is 0 Å². The van der Waals surface area contributed by atoms with E-state index in [1.54, 1.807) is 18.2 Å². The summed E-state index contributed by atoms with van der Waals surface area (Å²) in [7, 11) is 0. The van der Waals surface area contributed by atoms with Crippen LogP contribution in [0.1, 0.15) is 27.0 Å². The number of nitrogens with one attached hydrogen (secondary N) is 1. The molecule has 0 saturated carbocycles. The Morgan fingerprint density at radius 1 is 1.14 bits per heavy atom. The van der Waals surface area contributed by atoms with Crippen LogP contribution in [0.2, 0.25) is 0 Å². The molecule has 0 aromatic heterocycles. The average molecular weight is 299 g/mol. The minimum Gasteiger partial charge on any atom is -0.492 e. The summed E-state index contributed by atoms with van der Waals surface area (Å²) >= 11 is 0. The van der Waals surface area contributed by atoms with Gasteiger partial charge in [0, 0.05) is 13.1 Å². The monoisotopic (exact) mass is 299 g/mol. The maximum Gasteiger partial charge on any atom is 0.335 e. The van der Waals surface area contributed by atoms with E-state index in [0.717, 1.165) is 22.4 Å². The molecule has 116 valence electrons. The van der Waals surface area contributed by atoms with E-state index in [0.29, 0.717) is 25.3 Å². The zero-order valence-electron chi connectivity index (χ0n) is 12.9. The molecule has 0 bridgehead atoms. The summed E-state index contributed by atoms with van der Waals surface area (Å²) < 4.78 is 5.81. The lowest BCUT2D eigenvalue weighted by Gasteiger charge is -2.12. The quantitative estimate of drug-likeness (QED) is 0.771. The molecule has 0 heterocycles. The number of hydrogen-bond acceptors (Lipinski definition) is 3. The number of aryl methyl sites for hydroxylation is 2. The molecule has 0 fully saturated rings. The van der Waals surface area contributed by atoms with Gasteiger partial charge in [0.15, 0.2) is 0 Å². The lowest BCUT2D eigenvalue weighted by molar-refractivity contribution is 0.0696. The zero-order chi connectivity index (χ0) is 15.9. The van der Waals surface area contributed by atoms with Crippen molar-refractivity contribution in [1.82, 2.24) is 5.32 Å². The molecule has 0 aliphatic heterocycles. The Kier molecular flexibility index (Phi) is 5.55. The fourth-order valence-electron chi connectivity index (χ4n) is 2.30. The maximum atomic E-state index is 10.9. The fraction of sp³-hybridized carbons (Fsp3) is 0.278. The summed E-state index contributed by atoms with van der Waals surface area (Å²) in [5, 5.41) is 12.2. The number of carboxylic acids is 1. The van der Waals surface area contributed by atoms with Crippen molar-refractivity contribution in [3.8, 4) is 5.75 Å². The van der Waals surface area contributed by atoms with Crippen LogP contribution in [-0.4, -0.2) is 24.2 Å². The van der Waals surface area contributed by atoms with Crippen LogP contribution in [0.5, 0.6) is 5.75 Å². The summed E-state index contributed by atoms with van der Waals surface area (Å²) in [5.41, 5.74) is 3.53. The van der Waals surface area contributed by atoms with Gasteiger partial charge in [-0.1, -0.05) is 30.3 Å². The van der Waals surface area contributed by atoms with E-state index in [-0.39, 0.29) is 0 Å². The summed E-state index contributed by atoms with van der Waals surface area (Å²) in [6.07, 6.45) is 0. The van der Waals surface area contributed by atoms with Crippen molar-refractivity contribution in [3.05, 3.63) is 64.7 Å². The lowest BCUT2D eigenvalue weighted by atomic mass is 10.1. The van der Waals surface area contributed by atoms with Crippen LogP contribution in [0.3, 0.4) is 0 Å². The Bertz CT molecular complexity index is 632. The first kappa shape index (κ1) is 16.0. The molecule has 0 unspecified atom stereocenters. The molecule has 0 spiro atoms. The van der Waals surface area contributed by atoms with Gasteiger partial charge in [-0.05, 0) is 42.7 Å². The normalized spacial score (nSPS) is 10.5. The summed E-state index contributed by atoms with van der Waals surface area (Å²) in [4.78, 5) is 10.9. The summed E-state index contributed by atoms with van der Waals surface area (Å²) in [6.45, 7) is 5.97. The second-order valence-corrected chi connectivity index (χ2v) is 5.25. The SMILES string of the molecule is Cc1cccc(C)c1OCCNCc1cccc(C(=O)O)c1. The molecule has 0 radical (unpaired) electrons. The highest BCUT2D eigenvalue weighted by atomic mass is 16.5. The van der Waals surface area contributed by atoms with E-state index in [4.69, 9.17) is 9.84 Å². The molecule has 2 aromatic carbocycles. The number of carboxylic acid groups (broad SMARTS) is 1. The largest absolute Gasteiger partial charge is 0.492 e. The van der Waals surface area contributed by atoms with Gasteiger partial charge >= 0.3 is 5.97 Å². The van der Waals surface area contributed by atoms with Gasteiger partial charge in [-0.2, -0.15) is 0 Å². The van der Waals surface area contributed by atoms with Gasteiger partial charge < -0.3 is 15.2 Å². The number of benzene rings is 2. The highest BCUT2D eigenvalue weighted by Gasteiger charge is 2.04. The van der Waals surface area contributed by atoms with Crippen molar-refractivity contribution >= 4 is 5.97 Å².